The third-order valence-corrected chi connectivity index (χ3v) is 4.71. The largest absolute Gasteiger partial charge is 0.480 e. The topological polar surface area (TPSA) is 102 Å². The van der Waals surface area contributed by atoms with Crippen molar-refractivity contribution in [2.75, 3.05) is 0 Å². The van der Waals surface area contributed by atoms with Gasteiger partial charge in [0.1, 0.15) is 11.7 Å². The van der Waals surface area contributed by atoms with Crippen molar-refractivity contribution in [2.45, 2.75) is 111 Å². The van der Waals surface area contributed by atoms with E-state index in [1.807, 2.05) is 30.3 Å². The molecule has 0 saturated carbocycles. The Morgan fingerprint density at radius 1 is 0.941 bits per heavy atom. The summed E-state index contributed by atoms with van der Waals surface area (Å²) >= 11 is 0. The minimum atomic E-state index is -1.20. The Hall–Kier alpha value is -2.45. The van der Waals surface area contributed by atoms with Crippen molar-refractivity contribution in [2.24, 2.45) is 0 Å². The lowest BCUT2D eigenvalue weighted by Crippen LogP contribution is -2.50. The molecule has 8 heteroatoms. The molecule has 8 nitrogen and oxygen atoms in total. The molecule has 0 fully saturated rings. The summed E-state index contributed by atoms with van der Waals surface area (Å²) in [4.78, 5) is 42.6. The molecule has 0 radical (unpaired) electrons. The quantitative estimate of drug-likeness (QED) is 0.293. The highest BCUT2D eigenvalue weighted by Gasteiger charge is 2.36. The minimum absolute atomic E-state index is 0.0113. The molecule has 0 spiro atoms. The number of ether oxygens (including phenoxy) is 2. The number of benzene rings is 1. The first-order valence-corrected chi connectivity index (χ1v) is 11.8. The van der Waals surface area contributed by atoms with Crippen molar-refractivity contribution in [3.05, 3.63) is 35.9 Å². The number of amides is 1. The van der Waals surface area contributed by atoms with Crippen molar-refractivity contribution < 1.29 is 33.8 Å². The maximum Gasteiger partial charge on any atom is 0.435 e. The number of ketones is 1. The maximum absolute atomic E-state index is 12.7. The van der Waals surface area contributed by atoms with E-state index in [1.165, 1.54) is 0 Å². The lowest BCUT2D eigenvalue weighted by Gasteiger charge is -2.34. The van der Waals surface area contributed by atoms with Crippen LogP contribution in [-0.2, 0) is 30.5 Å². The Morgan fingerprint density at radius 3 is 2.09 bits per heavy atom. The van der Waals surface area contributed by atoms with Gasteiger partial charge in [0.25, 0.3) is 0 Å². The van der Waals surface area contributed by atoms with Crippen LogP contribution < -0.4 is 0 Å². The molecule has 1 rings (SSSR count). The molecular weight excluding hydrogens is 438 g/mol. The monoisotopic (exact) mass is 479 g/mol. The fourth-order valence-electron chi connectivity index (χ4n) is 3.08. The minimum Gasteiger partial charge on any atom is -0.480 e. The third-order valence-electron chi connectivity index (χ3n) is 4.71. The SMILES string of the molecule is CC(OCc1ccccc1)C(=O)CCCCC[C@@H](C(=O)O)N(OC(C)(C)C)C(=O)OC(C)(C)C. The number of nitrogens with zero attached hydrogens (tertiary/aromatic N) is 1. The highest BCUT2D eigenvalue weighted by Crippen LogP contribution is 2.21. The Labute approximate surface area is 203 Å². The van der Waals surface area contributed by atoms with E-state index in [-0.39, 0.29) is 12.2 Å². The molecule has 1 aromatic rings. The van der Waals surface area contributed by atoms with Gasteiger partial charge < -0.3 is 14.6 Å². The van der Waals surface area contributed by atoms with Crippen LogP contribution in [0.4, 0.5) is 4.79 Å². The van der Waals surface area contributed by atoms with E-state index < -0.39 is 35.4 Å². The molecule has 2 atom stereocenters. The van der Waals surface area contributed by atoms with Gasteiger partial charge in [-0.25, -0.2) is 9.59 Å². The van der Waals surface area contributed by atoms with Crippen molar-refractivity contribution in [1.29, 1.82) is 0 Å². The van der Waals surface area contributed by atoms with Gasteiger partial charge in [-0.2, -0.15) is 5.06 Å². The second-order valence-corrected chi connectivity index (χ2v) is 10.4. The molecule has 0 aliphatic rings. The summed E-state index contributed by atoms with van der Waals surface area (Å²) < 4.78 is 11.0. The van der Waals surface area contributed by atoms with Gasteiger partial charge in [0.05, 0.1) is 12.2 Å². The summed E-state index contributed by atoms with van der Waals surface area (Å²) in [7, 11) is 0. The van der Waals surface area contributed by atoms with Crippen LogP contribution in [0.2, 0.25) is 0 Å². The average Bonchev–Trinajstić information content (AvgIpc) is 2.71. The smallest absolute Gasteiger partial charge is 0.435 e. The lowest BCUT2D eigenvalue weighted by atomic mass is 10.0. The van der Waals surface area contributed by atoms with Crippen molar-refractivity contribution in [1.82, 2.24) is 5.06 Å². The molecule has 0 aromatic heterocycles. The molecule has 0 aliphatic heterocycles. The zero-order valence-corrected chi connectivity index (χ0v) is 21.6. The molecule has 0 aliphatic carbocycles. The van der Waals surface area contributed by atoms with Gasteiger partial charge in [0.15, 0.2) is 11.8 Å². The highest BCUT2D eigenvalue weighted by molar-refractivity contribution is 5.82. The number of Topliss-reactive ketones (excluding diaryl/α,β-unsaturated/α-hetero) is 1. The second kappa shape index (κ2) is 13.4. The normalized spacial score (nSPS) is 13.7. The van der Waals surface area contributed by atoms with Crippen LogP contribution in [0.25, 0.3) is 0 Å². The van der Waals surface area contributed by atoms with Crippen LogP contribution >= 0.6 is 0 Å². The fraction of sp³-hybridized carbons (Fsp3) is 0.654. The lowest BCUT2D eigenvalue weighted by molar-refractivity contribution is -0.234. The molecular formula is C26H41NO7. The number of carboxylic acid groups (broad SMARTS) is 1. The van der Waals surface area contributed by atoms with E-state index in [9.17, 15) is 19.5 Å². The maximum atomic E-state index is 12.7. The number of carboxylic acids is 1. The Morgan fingerprint density at radius 2 is 1.56 bits per heavy atom. The van der Waals surface area contributed by atoms with Crippen molar-refractivity contribution in [3.63, 3.8) is 0 Å². The first-order valence-electron chi connectivity index (χ1n) is 11.8. The van der Waals surface area contributed by atoms with Crippen molar-refractivity contribution >= 4 is 17.8 Å². The molecule has 1 aromatic carbocycles. The summed E-state index contributed by atoms with van der Waals surface area (Å²) in [6, 6.07) is 8.46. The van der Waals surface area contributed by atoms with Crippen LogP contribution in [0, 0.1) is 0 Å². The summed E-state index contributed by atoms with van der Waals surface area (Å²) in [6.07, 6.45) is 0.941. The van der Waals surface area contributed by atoms with Gasteiger partial charge >= 0.3 is 12.1 Å². The first kappa shape index (κ1) is 29.6. The third kappa shape index (κ3) is 12.1. The predicted molar refractivity (Wildman–Crippen MR) is 129 cm³/mol. The van der Waals surface area contributed by atoms with Gasteiger partial charge in [-0.1, -0.05) is 43.2 Å². The Bertz CT molecular complexity index is 781. The zero-order valence-electron chi connectivity index (χ0n) is 21.6. The average molecular weight is 480 g/mol. The molecule has 1 amide bonds. The number of aliphatic carboxylic acids is 1. The summed E-state index contributed by atoms with van der Waals surface area (Å²) in [5.74, 6) is -1.16. The van der Waals surface area contributed by atoms with Gasteiger partial charge in [0, 0.05) is 6.42 Å². The van der Waals surface area contributed by atoms with Gasteiger partial charge in [0.2, 0.25) is 0 Å². The van der Waals surface area contributed by atoms with Gasteiger partial charge in [-0.05, 0) is 66.9 Å². The molecule has 0 heterocycles. The number of unbranched alkanes of at least 4 members (excludes halogenated alkanes) is 2. The van der Waals surface area contributed by atoms with Crippen LogP contribution in [0.1, 0.15) is 86.1 Å². The highest BCUT2D eigenvalue weighted by atomic mass is 16.7. The first-order chi connectivity index (χ1) is 15.7. The number of hydroxylamine groups is 2. The van der Waals surface area contributed by atoms with E-state index in [0.717, 1.165) is 10.6 Å². The second-order valence-electron chi connectivity index (χ2n) is 10.4. The van der Waals surface area contributed by atoms with Gasteiger partial charge in [-0.3, -0.25) is 9.63 Å². The van der Waals surface area contributed by atoms with E-state index in [0.29, 0.717) is 32.3 Å². The molecule has 0 bridgehead atoms. The number of carbonyl (C=O) groups excluding carboxylic acids is 2. The summed E-state index contributed by atoms with van der Waals surface area (Å²) in [5.41, 5.74) is -0.569. The fourth-order valence-corrected chi connectivity index (χ4v) is 3.08. The van der Waals surface area contributed by atoms with Gasteiger partial charge in [-0.15, -0.1) is 0 Å². The van der Waals surface area contributed by atoms with E-state index in [4.69, 9.17) is 14.3 Å². The van der Waals surface area contributed by atoms with Crippen LogP contribution in [0.3, 0.4) is 0 Å². The number of carbonyl (C=O) groups is 3. The van der Waals surface area contributed by atoms with Crippen molar-refractivity contribution in [3.8, 4) is 0 Å². The van der Waals surface area contributed by atoms with Crippen LogP contribution in [0.5, 0.6) is 0 Å². The molecule has 0 saturated heterocycles. The number of hydrogen-bond acceptors (Lipinski definition) is 6. The molecule has 1 unspecified atom stereocenters. The van der Waals surface area contributed by atoms with E-state index >= 15 is 0 Å². The number of hydrogen-bond donors (Lipinski definition) is 1. The van der Waals surface area contributed by atoms with Crippen LogP contribution in [0.15, 0.2) is 30.3 Å². The zero-order chi connectivity index (χ0) is 25.9. The number of rotatable bonds is 13. The molecule has 34 heavy (non-hydrogen) atoms. The molecule has 192 valence electrons. The van der Waals surface area contributed by atoms with E-state index in [2.05, 4.69) is 0 Å². The Kier molecular flexibility index (Phi) is 11.7. The standard InChI is InChI=1S/C26H41NO7/c1-19(32-18-20-14-10-8-11-15-20)22(28)17-13-9-12-16-21(23(29)30)27(34-26(5,6)7)24(31)33-25(2,3)4/h8,10-11,14-15,19,21H,9,12-13,16-18H2,1-7H3,(H,29,30)/t19?,21-/m0/s1. The van der Waals surface area contributed by atoms with E-state index in [1.54, 1.807) is 48.5 Å². The summed E-state index contributed by atoms with van der Waals surface area (Å²) in [5, 5.41) is 10.6. The predicted octanol–water partition coefficient (Wildman–Crippen LogP) is 5.53. The Balaban J connectivity index is 2.56. The van der Waals surface area contributed by atoms with Crippen LogP contribution in [-0.4, -0.2) is 51.4 Å². The summed E-state index contributed by atoms with van der Waals surface area (Å²) in [6.45, 7) is 12.4. The molecule has 1 N–H and O–H groups in total.